The van der Waals surface area contributed by atoms with E-state index in [-0.39, 0.29) is 17.1 Å². The third-order valence-electron chi connectivity index (χ3n) is 4.92. The second kappa shape index (κ2) is 9.10. The van der Waals surface area contributed by atoms with Crippen molar-refractivity contribution < 1.29 is 17.2 Å². The molecule has 32 heavy (non-hydrogen) atoms. The number of rotatable bonds is 7. The minimum absolute atomic E-state index is 0.0855. The molecule has 0 atom stereocenters. The van der Waals surface area contributed by atoms with Crippen molar-refractivity contribution in [2.75, 3.05) is 4.31 Å². The van der Waals surface area contributed by atoms with Crippen molar-refractivity contribution in [3.05, 3.63) is 113 Å². The van der Waals surface area contributed by atoms with Gasteiger partial charge in [0, 0.05) is 30.0 Å². The lowest BCUT2D eigenvalue weighted by atomic mass is 10.1. The molecule has 0 aliphatic rings. The van der Waals surface area contributed by atoms with Crippen LogP contribution in [0.4, 0.5) is 14.5 Å². The molecule has 1 aromatic heterocycles. The summed E-state index contributed by atoms with van der Waals surface area (Å²) in [6.45, 7) is 0.243. The Bertz CT molecular complexity index is 1330. The molecule has 9 heteroatoms. The third-order valence-corrected chi connectivity index (χ3v) is 6.95. The normalized spacial score (nSPS) is 11.5. The smallest absolute Gasteiger partial charge is 0.264 e. The molecule has 0 bridgehead atoms. The summed E-state index contributed by atoms with van der Waals surface area (Å²) in [6, 6.07) is 15.5. The maximum atomic E-state index is 14.7. The summed E-state index contributed by atoms with van der Waals surface area (Å²) in [4.78, 5) is 3.93. The Morgan fingerprint density at radius 3 is 2.38 bits per heavy atom. The van der Waals surface area contributed by atoms with E-state index in [2.05, 4.69) is 4.98 Å². The van der Waals surface area contributed by atoms with E-state index in [1.54, 1.807) is 30.9 Å². The van der Waals surface area contributed by atoms with Gasteiger partial charge in [-0.15, -0.1) is 0 Å². The lowest BCUT2D eigenvalue weighted by Gasteiger charge is -2.26. The maximum absolute atomic E-state index is 14.7. The predicted molar refractivity (Wildman–Crippen MR) is 119 cm³/mol. The van der Waals surface area contributed by atoms with E-state index in [1.165, 1.54) is 24.3 Å². The zero-order chi connectivity index (χ0) is 22.7. The van der Waals surface area contributed by atoms with E-state index in [1.807, 2.05) is 16.7 Å². The Morgan fingerprint density at radius 1 is 0.969 bits per heavy atom. The number of anilines is 1. The van der Waals surface area contributed by atoms with Crippen LogP contribution in [0.25, 0.3) is 0 Å². The molecule has 0 N–H and O–H groups in total. The first kappa shape index (κ1) is 22.0. The number of benzene rings is 3. The molecule has 4 rings (SSSR count). The highest BCUT2D eigenvalue weighted by molar-refractivity contribution is 7.92. The Morgan fingerprint density at radius 2 is 1.69 bits per heavy atom. The van der Waals surface area contributed by atoms with Crippen LogP contribution in [0.5, 0.6) is 0 Å². The molecule has 4 aromatic rings. The second-order valence-corrected chi connectivity index (χ2v) is 9.36. The molecule has 0 saturated heterocycles. The van der Waals surface area contributed by atoms with Crippen LogP contribution in [0.1, 0.15) is 11.1 Å². The van der Waals surface area contributed by atoms with E-state index in [0.29, 0.717) is 17.1 Å². The molecule has 5 nitrogen and oxygen atoms in total. The standard InChI is InChI=1S/C23H18ClF2N3O2S/c24-19-5-8-21(9-6-19)32(30,31)29(23-13-20(25)7-10-22(23)26)15-18-4-2-1-3-17(18)14-28-12-11-27-16-28/h1-13,16H,14-15H2. The highest BCUT2D eigenvalue weighted by Gasteiger charge is 2.28. The largest absolute Gasteiger partial charge is 0.333 e. The zero-order valence-electron chi connectivity index (χ0n) is 16.7. The maximum Gasteiger partial charge on any atom is 0.264 e. The van der Waals surface area contributed by atoms with E-state index in [4.69, 9.17) is 11.6 Å². The van der Waals surface area contributed by atoms with Crippen molar-refractivity contribution in [3.63, 3.8) is 0 Å². The van der Waals surface area contributed by atoms with Gasteiger partial charge in [0.25, 0.3) is 10.0 Å². The molecule has 1 heterocycles. The van der Waals surface area contributed by atoms with E-state index in [9.17, 15) is 17.2 Å². The molecule has 0 unspecified atom stereocenters. The third kappa shape index (κ3) is 4.66. The Hall–Kier alpha value is -3.23. The molecular formula is C23H18ClF2N3O2S. The quantitative estimate of drug-likeness (QED) is 0.368. The molecule has 0 spiro atoms. The fourth-order valence-corrected chi connectivity index (χ4v) is 4.88. The van der Waals surface area contributed by atoms with Gasteiger partial charge in [0.15, 0.2) is 0 Å². The summed E-state index contributed by atoms with van der Waals surface area (Å²) < 4.78 is 58.5. The summed E-state index contributed by atoms with van der Waals surface area (Å²) in [5.74, 6) is -1.60. The van der Waals surface area contributed by atoms with Gasteiger partial charge in [-0.3, -0.25) is 4.31 Å². The zero-order valence-corrected chi connectivity index (χ0v) is 18.3. The van der Waals surface area contributed by atoms with Gasteiger partial charge in [0.2, 0.25) is 0 Å². The first-order valence-corrected chi connectivity index (χ1v) is 11.4. The Kier molecular flexibility index (Phi) is 6.25. The molecule has 0 saturated carbocycles. The van der Waals surface area contributed by atoms with Gasteiger partial charge in [-0.1, -0.05) is 35.9 Å². The molecule has 164 valence electrons. The number of hydrogen-bond donors (Lipinski definition) is 0. The van der Waals surface area contributed by atoms with Crippen LogP contribution in [0, 0.1) is 11.6 Å². The van der Waals surface area contributed by atoms with Gasteiger partial charge >= 0.3 is 0 Å². The summed E-state index contributed by atoms with van der Waals surface area (Å²) in [6.07, 6.45) is 5.07. The van der Waals surface area contributed by atoms with Crippen molar-refractivity contribution >= 4 is 27.3 Å². The minimum atomic E-state index is -4.24. The fraction of sp³-hybridized carbons (Fsp3) is 0.0870. The molecule has 0 amide bonds. The van der Waals surface area contributed by atoms with Crippen molar-refractivity contribution in [1.29, 1.82) is 0 Å². The molecular weight excluding hydrogens is 456 g/mol. The van der Waals surface area contributed by atoms with Gasteiger partial charge < -0.3 is 4.57 Å². The van der Waals surface area contributed by atoms with Gasteiger partial charge in [0.1, 0.15) is 11.6 Å². The minimum Gasteiger partial charge on any atom is -0.333 e. The number of halogens is 3. The molecule has 0 fully saturated rings. The molecule has 0 aliphatic heterocycles. The first-order chi connectivity index (χ1) is 15.3. The van der Waals surface area contributed by atoms with E-state index < -0.39 is 21.7 Å². The highest BCUT2D eigenvalue weighted by atomic mass is 35.5. The average Bonchev–Trinajstić information content (AvgIpc) is 3.28. The Labute approximate surface area is 189 Å². The van der Waals surface area contributed by atoms with Crippen LogP contribution in [0.2, 0.25) is 5.02 Å². The van der Waals surface area contributed by atoms with Crippen LogP contribution >= 0.6 is 11.6 Å². The average molecular weight is 474 g/mol. The number of aromatic nitrogens is 2. The van der Waals surface area contributed by atoms with Crippen LogP contribution in [0.3, 0.4) is 0 Å². The van der Waals surface area contributed by atoms with Crippen LogP contribution in [0.15, 0.2) is 90.3 Å². The van der Waals surface area contributed by atoms with E-state index in [0.717, 1.165) is 28.1 Å². The SMILES string of the molecule is O=S(=O)(c1ccc(Cl)cc1)N(Cc1ccccc1Cn1ccnc1)c1cc(F)ccc1F. The number of imidazole rings is 1. The number of nitrogens with zero attached hydrogens (tertiary/aromatic N) is 3. The summed E-state index contributed by atoms with van der Waals surface area (Å²) >= 11 is 5.90. The molecule has 0 radical (unpaired) electrons. The van der Waals surface area contributed by atoms with Crippen molar-refractivity contribution in [2.24, 2.45) is 0 Å². The second-order valence-electron chi connectivity index (χ2n) is 7.07. The van der Waals surface area contributed by atoms with Gasteiger partial charge in [-0.05, 0) is 47.5 Å². The number of sulfonamides is 1. The van der Waals surface area contributed by atoms with Gasteiger partial charge in [0.05, 0.1) is 23.5 Å². The lowest BCUT2D eigenvalue weighted by molar-refractivity contribution is 0.579. The van der Waals surface area contributed by atoms with Gasteiger partial charge in [-0.2, -0.15) is 0 Å². The monoisotopic (exact) mass is 473 g/mol. The van der Waals surface area contributed by atoms with Crippen molar-refractivity contribution in [3.8, 4) is 0 Å². The predicted octanol–water partition coefficient (Wildman–Crippen LogP) is 5.26. The summed E-state index contributed by atoms with van der Waals surface area (Å²) in [5, 5.41) is 0.359. The van der Waals surface area contributed by atoms with Gasteiger partial charge in [-0.25, -0.2) is 22.2 Å². The molecule has 0 aliphatic carbocycles. The van der Waals surface area contributed by atoms with Crippen LogP contribution in [-0.2, 0) is 23.1 Å². The van der Waals surface area contributed by atoms with E-state index >= 15 is 0 Å². The van der Waals surface area contributed by atoms with Crippen LogP contribution in [-0.4, -0.2) is 18.0 Å². The highest BCUT2D eigenvalue weighted by Crippen LogP contribution is 2.30. The summed E-state index contributed by atoms with van der Waals surface area (Å²) in [5.41, 5.74) is 1.08. The van der Waals surface area contributed by atoms with Crippen LogP contribution < -0.4 is 4.31 Å². The summed E-state index contributed by atoms with van der Waals surface area (Å²) in [7, 11) is -4.24. The number of hydrogen-bond acceptors (Lipinski definition) is 3. The van der Waals surface area contributed by atoms with Crippen molar-refractivity contribution in [2.45, 2.75) is 18.0 Å². The molecule has 3 aromatic carbocycles. The van der Waals surface area contributed by atoms with Crippen molar-refractivity contribution in [1.82, 2.24) is 9.55 Å². The Balaban J connectivity index is 1.81. The first-order valence-electron chi connectivity index (χ1n) is 9.60. The fourth-order valence-electron chi connectivity index (χ4n) is 3.31. The lowest BCUT2D eigenvalue weighted by Crippen LogP contribution is -2.32. The topological polar surface area (TPSA) is 55.2 Å².